The zero-order valence-corrected chi connectivity index (χ0v) is 12.0. The number of fused-ring (bicyclic) bond motifs is 1. The topological polar surface area (TPSA) is 29.5 Å². The number of benzene rings is 1. The van der Waals surface area contributed by atoms with E-state index in [1.165, 1.54) is 19.3 Å². The molecular weight excluding hydrogens is 250 g/mol. The minimum absolute atomic E-state index is 0.322. The normalized spacial score (nSPS) is 27.0. The van der Waals surface area contributed by atoms with E-state index in [1.54, 1.807) is 0 Å². The molecule has 3 heteroatoms. The molecule has 3 rings (SSSR count). The Bertz CT molecular complexity index is 444. The Kier molecular flexibility index (Phi) is 4.48. The third-order valence-electron chi connectivity index (χ3n) is 4.47. The second-order valence-corrected chi connectivity index (χ2v) is 5.93. The molecule has 1 saturated heterocycles. The Hall–Kier alpha value is -1.19. The zero-order valence-electron chi connectivity index (χ0n) is 12.0. The van der Waals surface area contributed by atoms with Crippen LogP contribution in [-0.2, 0) is 16.0 Å². The van der Waals surface area contributed by atoms with Gasteiger partial charge < -0.3 is 4.74 Å². The lowest BCUT2D eigenvalue weighted by Gasteiger charge is -2.43. The zero-order chi connectivity index (χ0) is 13.8. The number of ether oxygens (including phenoxy) is 1. The van der Waals surface area contributed by atoms with Crippen LogP contribution in [0.5, 0.6) is 0 Å². The van der Waals surface area contributed by atoms with Crippen molar-refractivity contribution >= 4 is 5.78 Å². The molecule has 0 bridgehead atoms. The van der Waals surface area contributed by atoms with Crippen molar-refractivity contribution in [1.29, 1.82) is 0 Å². The molecule has 1 aromatic carbocycles. The smallest absolute Gasteiger partial charge is 0.151 e. The first-order chi connectivity index (χ1) is 9.83. The Morgan fingerprint density at radius 2 is 2.00 bits per heavy atom. The molecule has 0 spiro atoms. The van der Waals surface area contributed by atoms with Gasteiger partial charge >= 0.3 is 0 Å². The largest absolute Gasteiger partial charge is 0.375 e. The Balaban J connectivity index is 1.57. The predicted octanol–water partition coefficient (Wildman–Crippen LogP) is 2.44. The molecule has 1 aromatic rings. The van der Waals surface area contributed by atoms with Gasteiger partial charge in [0.1, 0.15) is 0 Å². The Morgan fingerprint density at radius 1 is 1.20 bits per heavy atom. The lowest BCUT2D eigenvalue weighted by molar-refractivity contribution is -0.126. The summed E-state index contributed by atoms with van der Waals surface area (Å²) < 4.78 is 5.86. The molecule has 0 radical (unpaired) electrons. The first-order valence-electron chi connectivity index (χ1n) is 7.74. The van der Waals surface area contributed by atoms with Crippen LogP contribution in [0, 0.1) is 0 Å². The van der Waals surface area contributed by atoms with E-state index in [9.17, 15) is 4.79 Å². The van der Waals surface area contributed by atoms with E-state index in [-0.39, 0.29) is 0 Å². The number of carbonyl (C=O) groups is 1. The lowest BCUT2D eigenvalue weighted by atomic mass is 9.90. The SMILES string of the molecule is O=C(Cc1ccccc1)CN1CCOC2CCCCC21. The highest BCUT2D eigenvalue weighted by Gasteiger charge is 2.34. The van der Waals surface area contributed by atoms with Crippen molar-refractivity contribution in [3.63, 3.8) is 0 Å². The van der Waals surface area contributed by atoms with E-state index in [0.717, 1.165) is 25.1 Å². The van der Waals surface area contributed by atoms with E-state index >= 15 is 0 Å². The van der Waals surface area contributed by atoms with Crippen molar-refractivity contribution in [2.45, 2.75) is 44.2 Å². The van der Waals surface area contributed by atoms with Crippen molar-refractivity contribution in [3.05, 3.63) is 35.9 Å². The molecule has 2 atom stereocenters. The minimum atomic E-state index is 0.322. The summed E-state index contributed by atoms with van der Waals surface area (Å²) in [4.78, 5) is 14.6. The number of Topliss-reactive ketones (excluding diaryl/α,β-unsaturated/α-hetero) is 1. The van der Waals surface area contributed by atoms with Gasteiger partial charge in [-0.3, -0.25) is 9.69 Å². The molecular formula is C17H23NO2. The van der Waals surface area contributed by atoms with Crippen molar-refractivity contribution in [3.8, 4) is 0 Å². The third kappa shape index (κ3) is 3.28. The van der Waals surface area contributed by atoms with Gasteiger partial charge in [-0.15, -0.1) is 0 Å². The van der Waals surface area contributed by atoms with Gasteiger partial charge in [0, 0.05) is 19.0 Å². The van der Waals surface area contributed by atoms with Crippen LogP contribution in [0.4, 0.5) is 0 Å². The lowest BCUT2D eigenvalue weighted by Crippen LogP contribution is -2.54. The van der Waals surface area contributed by atoms with Crippen LogP contribution in [0.1, 0.15) is 31.2 Å². The first kappa shape index (κ1) is 13.8. The summed E-state index contributed by atoms with van der Waals surface area (Å²) in [6, 6.07) is 10.5. The average molecular weight is 273 g/mol. The van der Waals surface area contributed by atoms with Crippen LogP contribution in [-0.4, -0.2) is 42.5 Å². The second kappa shape index (κ2) is 6.51. The van der Waals surface area contributed by atoms with Crippen molar-refractivity contribution in [2.24, 2.45) is 0 Å². The fourth-order valence-corrected chi connectivity index (χ4v) is 3.48. The van der Waals surface area contributed by atoms with Gasteiger partial charge in [0.25, 0.3) is 0 Å². The number of rotatable bonds is 4. The standard InChI is InChI=1S/C17H23NO2/c19-15(12-14-6-2-1-3-7-14)13-18-10-11-20-17-9-5-4-8-16(17)18/h1-3,6-7,16-17H,4-5,8-13H2. The maximum absolute atomic E-state index is 12.3. The molecule has 1 aliphatic carbocycles. The van der Waals surface area contributed by atoms with Gasteiger partial charge in [-0.25, -0.2) is 0 Å². The maximum Gasteiger partial charge on any atom is 0.151 e. The quantitative estimate of drug-likeness (QED) is 0.844. The Morgan fingerprint density at radius 3 is 2.85 bits per heavy atom. The summed E-state index contributed by atoms with van der Waals surface area (Å²) >= 11 is 0. The van der Waals surface area contributed by atoms with Crippen LogP contribution < -0.4 is 0 Å². The molecule has 1 saturated carbocycles. The summed E-state index contributed by atoms with van der Waals surface area (Å²) in [6.07, 6.45) is 5.80. The molecule has 20 heavy (non-hydrogen) atoms. The molecule has 0 amide bonds. The molecule has 1 heterocycles. The molecule has 1 aliphatic heterocycles. The number of nitrogens with zero attached hydrogens (tertiary/aromatic N) is 1. The highest BCUT2D eigenvalue weighted by Crippen LogP contribution is 2.28. The van der Waals surface area contributed by atoms with Gasteiger partial charge in [-0.2, -0.15) is 0 Å². The summed E-state index contributed by atoms with van der Waals surface area (Å²) in [5.74, 6) is 0.322. The van der Waals surface area contributed by atoms with E-state index in [4.69, 9.17) is 4.74 Å². The number of carbonyl (C=O) groups excluding carboxylic acids is 1. The van der Waals surface area contributed by atoms with E-state index in [0.29, 0.717) is 30.9 Å². The van der Waals surface area contributed by atoms with Gasteiger partial charge in [0.15, 0.2) is 5.78 Å². The van der Waals surface area contributed by atoms with Crippen molar-refractivity contribution in [1.82, 2.24) is 4.90 Å². The second-order valence-electron chi connectivity index (χ2n) is 5.93. The minimum Gasteiger partial charge on any atom is -0.375 e. The number of morpholine rings is 1. The van der Waals surface area contributed by atoms with E-state index in [2.05, 4.69) is 4.90 Å². The number of hydrogen-bond acceptors (Lipinski definition) is 3. The third-order valence-corrected chi connectivity index (χ3v) is 4.47. The van der Waals surface area contributed by atoms with Crippen LogP contribution >= 0.6 is 0 Å². The fraction of sp³-hybridized carbons (Fsp3) is 0.588. The number of hydrogen-bond donors (Lipinski definition) is 0. The van der Waals surface area contributed by atoms with Gasteiger partial charge in [0.2, 0.25) is 0 Å². The number of ketones is 1. The van der Waals surface area contributed by atoms with Crippen LogP contribution in [0.15, 0.2) is 30.3 Å². The first-order valence-corrected chi connectivity index (χ1v) is 7.74. The molecule has 2 unspecified atom stereocenters. The average Bonchev–Trinajstić information content (AvgIpc) is 2.48. The molecule has 2 fully saturated rings. The van der Waals surface area contributed by atoms with Crippen LogP contribution in [0.2, 0.25) is 0 Å². The van der Waals surface area contributed by atoms with Crippen LogP contribution in [0.3, 0.4) is 0 Å². The van der Waals surface area contributed by atoms with Crippen molar-refractivity contribution in [2.75, 3.05) is 19.7 Å². The van der Waals surface area contributed by atoms with Gasteiger partial charge in [-0.05, 0) is 18.4 Å². The van der Waals surface area contributed by atoms with E-state index in [1.807, 2.05) is 30.3 Å². The molecule has 2 aliphatic rings. The molecule has 0 N–H and O–H groups in total. The predicted molar refractivity (Wildman–Crippen MR) is 78.7 cm³/mol. The molecule has 3 nitrogen and oxygen atoms in total. The van der Waals surface area contributed by atoms with Gasteiger partial charge in [-0.1, -0.05) is 43.2 Å². The summed E-state index contributed by atoms with van der Waals surface area (Å²) in [7, 11) is 0. The van der Waals surface area contributed by atoms with Crippen LogP contribution in [0.25, 0.3) is 0 Å². The molecule has 108 valence electrons. The van der Waals surface area contributed by atoms with Crippen molar-refractivity contribution < 1.29 is 9.53 Å². The summed E-state index contributed by atoms with van der Waals surface area (Å²) in [5, 5.41) is 0. The maximum atomic E-state index is 12.3. The molecule has 0 aromatic heterocycles. The monoisotopic (exact) mass is 273 g/mol. The Labute approximate surface area is 120 Å². The summed E-state index contributed by atoms with van der Waals surface area (Å²) in [6.45, 7) is 2.26. The van der Waals surface area contributed by atoms with E-state index < -0.39 is 0 Å². The van der Waals surface area contributed by atoms with Gasteiger partial charge in [0.05, 0.1) is 19.3 Å². The fourth-order valence-electron chi connectivity index (χ4n) is 3.48. The highest BCUT2D eigenvalue weighted by atomic mass is 16.5. The highest BCUT2D eigenvalue weighted by molar-refractivity contribution is 5.82. The summed E-state index contributed by atoms with van der Waals surface area (Å²) in [5.41, 5.74) is 1.12.